The van der Waals surface area contributed by atoms with Crippen molar-refractivity contribution in [3.05, 3.63) is 86.1 Å². The van der Waals surface area contributed by atoms with Crippen molar-refractivity contribution in [2.75, 3.05) is 11.9 Å². The van der Waals surface area contributed by atoms with Gasteiger partial charge in [-0.05, 0) is 54.4 Å². The van der Waals surface area contributed by atoms with Crippen LogP contribution in [0.15, 0.2) is 69.3 Å². The van der Waals surface area contributed by atoms with Gasteiger partial charge < -0.3 is 14.5 Å². The Morgan fingerprint density at radius 3 is 2.74 bits per heavy atom. The topological polar surface area (TPSA) is 105 Å². The number of carbonyl (C=O) groups is 1. The van der Waals surface area contributed by atoms with Gasteiger partial charge in [0.25, 0.3) is 0 Å². The number of anilines is 1. The summed E-state index contributed by atoms with van der Waals surface area (Å²) in [5.41, 5.74) is 2.01. The molecule has 0 bridgehead atoms. The molecule has 9 heteroatoms. The van der Waals surface area contributed by atoms with Crippen molar-refractivity contribution in [3.8, 4) is 17.3 Å². The Kier molecular flexibility index (Phi) is 7.30. The Bertz CT molecular complexity index is 1510. The zero-order valence-electron chi connectivity index (χ0n) is 18.9. The average molecular weight is 506 g/mol. The molecule has 4 rings (SSSR count). The summed E-state index contributed by atoms with van der Waals surface area (Å²) in [6, 6.07) is 15.5. The Labute approximate surface area is 210 Å². The van der Waals surface area contributed by atoms with Gasteiger partial charge in [-0.3, -0.25) is 0 Å². The third-order valence-corrected chi connectivity index (χ3v) is 5.99. The molecule has 0 saturated carbocycles. The van der Waals surface area contributed by atoms with Crippen molar-refractivity contribution in [1.82, 2.24) is 4.98 Å². The van der Waals surface area contributed by atoms with Crippen molar-refractivity contribution in [3.63, 3.8) is 0 Å². The van der Waals surface area contributed by atoms with E-state index in [1.165, 1.54) is 17.5 Å². The van der Waals surface area contributed by atoms with E-state index < -0.39 is 5.63 Å². The molecule has 0 saturated heterocycles. The predicted octanol–water partition coefficient (Wildman–Crippen LogP) is 6.36. The van der Waals surface area contributed by atoms with Crippen molar-refractivity contribution < 1.29 is 13.9 Å². The zero-order valence-corrected chi connectivity index (χ0v) is 20.4. The minimum Gasteiger partial charge on any atom is -0.462 e. The molecule has 2 heterocycles. The number of hydrogen-bond acceptors (Lipinski definition) is 8. The smallest absolute Gasteiger partial charge is 0.345 e. The third kappa shape index (κ3) is 5.77. The van der Waals surface area contributed by atoms with Crippen LogP contribution < -0.4 is 10.9 Å². The van der Waals surface area contributed by atoms with Crippen LogP contribution in [0.4, 0.5) is 5.69 Å². The lowest BCUT2D eigenvalue weighted by Crippen LogP contribution is -2.10. The van der Waals surface area contributed by atoms with Gasteiger partial charge in [-0.15, -0.1) is 11.3 Å². The Morgan fingerprint density at radius 1 is 1.26 bits per heavy atom. The number of nitrogens with one attached hydrogen (secondary N) is 1. The first-order valence-electron chi connectivity index (χ1n) is 10.7. The Hall–Kier alpha value is -3.93. The van der Waals surface area contributed by atoms with Crippen LogP contribution >= 0.6 is 22.9 Å². The minimum absolute atomic E-state index is 0.259. The number of ether oxygens (including phenoxy) is 1. The van der Waals surface area contributed by atoms with Crippen LogP contribution in [0.25, 0.3) is 27.8 Å². The molecule has 0 fully saturated rings. The van der Waals surface area contributed by atoms with Crippen LogP contribution in [0.2, 0.25) is 5.02 Å². The molecular weight excluding hydrogens is 486 g/mol. The van der Waals surface area contributed by atoms with Gasteiger partial charge in [0.15, 0.2) is 0 Å². The van der Waals surface area contributed by atoms with Crippen molar-refractivity contribution in [2.45, 2.75) is 13.8 Å². The number of benzene rings is 2. The first-order chi connectivity index (χ1) is 16.8. The molecule has 0 radical (unpaired) electrons. The van der Waals surface area contributed by atoms with E-state index in [1.54, 1.807) is 53.9 Å². The number of fused-ring (bicyclic) bond motifs is 1. The molecule has 0 aliphatic heterocycles. The predicted molar refractivity (Wildman–Crippen MR) is 137 cm³/mol. The Morgan fingerprint density at radius 2 is 2.03 bits per heavy atom. The third-order valence-electron chi connectivity index (χ3n) is 4.88. The maximum atomic E-state index is 12.5. The highest BCUT2D eigenvalue weighted by Crippen LogP contribution is 2.27. The van der Waals surface area contributed by atoms with Crippen LogP contribution in [0.3, 0.4) is 0 Å². The number of nitrogens with zero attached hydrogens (tertiary/aromatic N) is 2. The molecule has 7 nitrogen and oxygen atoms in total. The second kappa shape index (κ2) is 10.6. The quantitative estimate of drug-likeness (QED) is 0.177. The van der Waals surface area contributed by atoms with Gasteiger partial charge in [-0.25, -0.2) is 14.6 Å². The molecule has 4 aromatic rings. The lowest BCUT2D eigenvalue weighted by atomic mass is 10.1. The summed E-state index contributed by atoms with van der Waals surface area (Å²) < 4.78 is 10.6. The maximum Gasteiger partial charge on any atom is 0.345 e. The fraction of sp³-hybridized carbons (Fsp3) is 0.154. The highest BCUT2D eigenvalue weighted by atomic mass is 35.5. The number of esters is 1. The molecule has 176 valence electrons. The van der Waals surface area contributed by atoms with E-state index in [4.69, 9.17) is 20.8 Å². The summed E-state index contributed by atoms with van der Waals surface area (Å²) in [5.74, 6) is -0.121. The summed E-state index contributed by atoms with van der Waals surface area (Å²) in [5, 5.41) is 16.0. The number of nitriles is 1. The van der Waals surface area contributed by atoms with Crippen molar-refractivity contribution in [2.24, 2.45) is 5.92 Å². The molecule has 0 atom stereocenters. The summed E-state index contributed by atoms with van der Waals surface area (Å²) in [4.78, 5) is 29.0. The SMILES string of the molecule is CC(C)COC(=O)c1ccc(NC=C(C#N)c2nc(-c3cc4cc(Cl)ccc4oc3=O)cs2)cc1. The van der Waals surface area contributed by atoms with Crippen LogP contribution in [0, 0.1) is 17.2 Å². The lowest BCUT2D eigenvalue weighted by molar-refractivity contribution is 0.0459. The van der Waals surface area contributed by atoms with E-state index >= 15 is 0 Å². The maximum absolute atomic E-state index is 12.5. The number of aromatic nitrogens is 1. The minimum atomic E-state index is -0.524. The monoisotopic (exact) mass is 505 g/mol. The van der Waals surface area contributed by atoms with Gasteiger partial charge in [0.1, 0.15) is 22.2 Å². The molecule has 2 aromatic carbocycles. The molecule has 0 spiro atoms. The molecule has 0 amide bonds. The normalized spacial score (nSPS) is 11.5. The first-order valence-corrected chi connectivity index (χ1v) is 11.9. The number of halogens is 1. The van der Waals surface area contributed by atoms with Crippen LogP contribution in [0.5, 0.6) is 0 Å². The number of rotatable bonds is 7. The molecule has 1 N–H and O–H groups in total. The van der Waals surface area contributed by atoms with Crippen molar-refractivity contribution in [1.29, 1.82) is 5.26 Å². The zero-order chi connectivity index (χ0) is 24.9. The number of carbonyl (C=O) groups excluding carboxylic acids is 1. The second-order valence-corrected chi connectivity index (χ2v) is 9.35. The highest BCUT2D eigenvalue weighted by Gasteiger charge is 2.14. The van der Waals surface area contributed by atoms with Crippen molar-refractivity contribution >= 4 is 51.1 Å². The van der Waals surface area contributed by atoms with Gasteiger partial charge in [-0.2, -0.15) is 5.26 Å². The number of allylic oxidation sites excluding steroid dienone is 1. The van der Waals surface area contributed by atoms with Gasteiger partial charge in [-0.1, -0.05) is 25.4 Å². The van der Waals surface area contributed by atoms with Gasteiger partial charge in [0.2, 0.25) is 0 Å². The number of thiazole rings is 1. The van der Waals surface area contributed by atoms with Crippen LogP contribution in [0.1, 0.15) is 29.2 Å². The fourth-order valence-corrected chi connectivity index (χ4v) is 4.09. The van der Waals surface area contributed by atoms with Gasteiger partial charge in [0.05, 0.1) is 23.4 Å². The summed E-state index contributed by atoms with van der Waals surface area (Å²) in [7, 11) is 0. The van der Waals surface area contributed by atoms with E-state index in [-0.39, 0.29) is 23.0 Å². The fourth-order valence-electron chi connectivity index (χ4n) is 3.12. The summed E-state index contributed by atoms with van der Waals surface area (Å²) in [6.07, 6.45) is 1.53. The molecule has 0 aliphatic rings. The molecule has 0 aliphatic carbocycles. The molecular formula is C26H20ClN3O4S. The summed E-state index contributed by atoms with van der Waals surface area (Å²) >= 11 is 7.28. The average Bonchev–Trinajstić information content (AvgIpc) is 3.33. The summed E-state index contributed by atoms with van der Waals surface area (Å²) in [6.45, 7) is 4.30. The van der Waals surface area contributed by atoms with Gasteiger partial charge >= 0.3 is 11.6 Å². The van der Waals surface area contributed by atoms with E-state index in [0.717, 1.165) is 0 Å². The lowest BCUT2D eigenvalue weighted by Gasteiger charge is -2.07. The molecule has 35 heavy (non-hydrogen) atoms. The van der Waals surface area contributed by atoms with Gasteiger partial charge in [0, 0.05) is 27.7 Å². The van der Waals surface area contributed by atoms with E-state index in [2.05, 4.69) is 16.4 Å². The van der Waals surface area contributed by atoms with Crippen LogP contribution in [-0.2, 0) is 4.74 Å². The van der Waals surface area contributed by atoms with E-state index in [9.17, 15) is 14.9 Å². The second-order valence-electron chi connectivity index (χ2n) is 8.05. The standard InChI is InChI=1S/C26H20ClN3O4S/c1-15(2)13-33-25(31)16-3-6-20(7-4-16)29-12-18(11-28)24-30-22(14-35-24)21-10-17-9-19(27)5-8-23(17)34-26(21)32/h3-10,12,14-15,29H,13H2,1-2H3. The largest absolute Gasteiger partial charge is 0.462 e. The number of hydrogen-bond donors (Lipinski definition) is 1. The van der Waals surface area contributed by atoms with Crippen LogP contribution in [-0.4, -0.2) is 17.6 Å². The Balaban J connectivity index is 1.51. The van der Waals surface area contributed by atoms with E-state index in [0.29, 0.717) is 44.6 Å². The molecule has 0 unspecified atom stereocenters. The highest BCUT2D eigenvalue weighted by molar-refractivity contribution is 7.11. The first kappa shape index (κ1) is 24.2. The molecule has 2 aromatic heterocycles. The van der Waals surface area contributed by atoms with E-state index in [1.807, 2.05) is 13.8 Å².